The van der Waals surface area contributed by atoms with Crippen LogP contribution in [0.2, 0.25) is 0 Å². The number of anilines is 2. The predicted molar refractivity (Wildman–Crippen MR) is 177 cm³/mol. The Morgan fingerprint density at radius 2 is 1.82 bits per heavy atom. The third kappa shape index (κ3) is 5.54. The van der Waals surface area contributed by atoms with Crippen LogP contribution < -0.4 is 10.6 Å². The third-order valence-corrected chi connectivity index (χ3v) is 8.41. The average molecular weight is 587 g/mol. The quantitative estimate of drug-likeness (QED) is 0.132. The molecule has 1 aliphatic rings. The van der Waals surface area contributed by atoms with Crippen LogP contribution in [0.1, 0.15) is 19.3 Å². The molecular weight excluding hydrogens is 551 g/mol. The highest BCUT2D eigenvalue weighted by Gasteiger charge is 2.21. The Hall–Kier alpha value is -5.02. The van der Waals surface area contributed by atoms with E-state index in [0.29, 0.717) is 11.6 Å². The molecular formula is C35H35FN8. The van der Waals surface area contributed by atoms with Crippen molar-refractivity contribution in [2.75, 3.05) is 37.8 Å². The summed E-state index contributed by atoms with van der Waals surface area (Å²) in [5.41, 5.74) is 9.63. The third-order valence-electron chi connectivity index (χ3n) is 8.41. The van der Waals surface area contributed by atoms with Crippen molar-refractivity contribution >= 4 is 33.3 Å². The summed E-state index contributed by atoms with van der Waals surface area (Å²) in [4.78, 5) is 14.8. The van der Waals surface area contributed by atoms with Gasteiger partial charge in [-0.1, -0.05) is 25.1 Å². The number of fused-ring (bicyclic) bond motifs is 2. The summed E-state index contributed by atoms with van der Waals surface area (Å²) < 4.78 is 14.7. The lowest BCUT2D eigenvalue weighted by atomic mass is 9.83. The molecule has 0 spiro atoms. The molecule has 1 fully saturated rings. The lowest BCUT2D eigenvalue weighted by Gasteiger charge is -2.28. The summed E-state index contributed by atoms with van der Waals surface area (Å²) in [5, 5.41) is 16.4. The number of likely N-dealkylation sites (N-methyl/N-ethyl adjacent to an activating group) is 1. The second-order valence-electron chi connectivity index (χ2n) is 11.8. The molecule has 0 atom stereocenters. The van der Waals surface area contributed by atoms with Gasteiger partial charge in [0.25, 0.3) is 0 Å². The maximum atomic E-state index is 14.7. The first-order valence-electron chi connectivity index (χ1n) is 15.0. The number of aromatic nitrogens is 5. The Morgan fingerprint density at radius 3 is 2.64 bits per heavy atom. The largest absolute Gasteiger partial charge is 0.384 e. The molecule has 222 valence electrons. The van der Waals surface area contributed by atoms with Gasteiger partial charge < -0.3 is 20.5 Å². The van der Waals surface area contributed by atoms with Crippen molar-refractivity contribution in [3.05, 3.63) is 91.3 Å². The molecule has 4 N–H and O–H groups in total. The Balaban J connectivity index is 1.21. The molecule has 4 heterocycles. The number of nitrogens with one attached hydrogen (secondary N) is 4. The first kappa shape index (κ1) is 27.8. The molecule has 9 heteroatoms. The zero-order valence-corrected chi connectivity index (χ0v) is 24.9. The highest BCUT2D eigenvalue weighted by atomic mass is 19.1. The summed E-state index contributed by atoms with van der Waals surface area (Å²) in [6, 6.07) is 17.4. The van der Waals surface area contributed by atoms with Crippen LogP contribution in [0.4, 0.5) is 15.8 Å². The summed E-state index contributed by atoms with van der Waals surface area (Å²) in [6.07, 6.45) is 9.15. The predicted octanol–water partition coefficient (Wildman–Crippen LogP) is 7.67. The van der Waals surface area contributed by atoms with Gasteiger partial charge in [-0.15, -0.1) is 0 Å². The van der Waals surface area contributed by atoms with Crippen LogP contribution in [0, 0.1) is 11.7 Å². The van der Waals surface area contributed by atoms with Crippen LogP contribution in [0.5, 0.6) is 0 Å². The fourth-order valence-corrected chi connectivity index (χ4v) is 5.78. The van der Waals surface area contributed by atoms with E-state index in [0.717, 1.165) is 80.1 Å². The number of benzene rings is 2. The van der Waals surface area contributed by atoms with Gasteiger partial charge in [-0.3, -0.25) is 10.1 Å². The van der Waals surface area contributed by atoms with E-state index in [9.17, 15) is 4.39 Å². The SMILES string of the molecule is C=C(Nc1cncc(-c2cnc3[nH]nc(-c4cc5c(-c6cc(F)cc(NCCN(C)C)c6)cccc5[nH]4)c3c2)c1)C1CCC1. The number of allylic oxidation sites excluding steroid dienone is 1. The number of aromatic amines is 2. The molecule has 8 nitrogen and oxygen atoms in total. The van der Waals surface area contributed by atoms with Gasteiger partial charge in [0.1, 0.15) is 11.5 Å². The minimum Gasteiger partial charge on any atom is -0.384 e. The summed E-state index contributed by atoms with van der Waals surface area (Å²) in [6.45, 7) is 5.81. The van der Waals surface area contributed by atoms with Crippen molar-refractivity contribution in [2.45, 2.75) is 19.3 Å². The zero-order valence-electron chi connectivity index (χ0n) is 24.9. The van der Waals surface area contributed by atoms with Gasteiger partial charge in [0.15, 0.2) is 5.65 Å². The molecule has 44 heavy (non-hydrogen) atoms. The van der Waals surface area contributed by atoms with Crippen molar-refractivity contribution in [3.8, 4) is 33.6 Å². The van der Waals surface area contributed by atoms with E-state index in [1.54, 1.807) is 6.07 Å². The van der Waals surface area contributed by atoms with Crippen molar-refractivity contribution in [1.29, 1.82) is 0 Å². The number of nitrogens with zero attached hydrogens (tertiary/aromatic N) is 4. The van der Waals surface area contributed by atoms with E-state index >= 15 is 0 Å². The molecule has 0 saturated heterocycles. The number of halogens is 1. The number of H-pyrrole nitrogens is 2. The van der Waals surface area contributed by atoms with Crippen LogP contribution in [0.3, 0.4) is 0 Å². The van der Waals surface area contributed by atoms with Crippen LogP contribution in [0.15, 0.2) is 85.5 Å². The van der Waals surface area contributed by atoms with Gasteiger partial charge in [-0.05, 0) is 86.4 Å². The van der Waals surface area contributed by atoms with E-state index in [4.69, 9.17) is 0 Å². The van der Waals surface area contributed by atoms with Gasteiger partial charge in [0.2, 0.25) is 0 Å². The Bertz CT molecular complexity index is 1980. The standard InChI is InChI=1S/C35H35FN8/c1-21(22-6-4-7-22)40-28-14-24(18-37-20-28)25-15-31-34(42-43-35(31)39-19-25)33-17-30-29(8-5-9-32(30)41-33)23-12-26(36)16-27(13-23)38-10-11-44(2)3/h5,8-9,12-20,22,38,40-41H,1,4,6-7,10-11H2,2-3H3,(H,39,42,43). The highest BCUT2D eigenvalue weighted by molar-refractivity contribution is 6.01. The minimum absolute atomic E-state index is 0.277. The second-order valence-corrected chi connectivity index (χ2v) is 11.8. The van der Waals surface area contributed by atoms with Gasteiger partial charge in [0.05, 0.1) is 17.6 Å². The first-order valence-corrected chi connectivity index (χ1v) is 15.0. The zero-order chi connectivity index (χ0) is 30.2. The molecule has 1 aliphatic carbocycles. The summed E-state index contributed by atoms with van der Waals surface area (Å²) >= 11 is 0. The van der Waals surface area contributed by atoms with Gasteiger partial charge >= 0.3 is 0 Å². The van der Waals surface area contributed by atoms with Gasteiger partial charge in [-0.25, -0.2) is 9.37 Å². The Morgan fingerprint density at radius 1 is 0.977 bits per heavy atom. The molecule has 1 saturated carbocycles. The Labute approximate surface area is 255 Å². The normalized spacial score (nSPS) is 13.5. The van der Waals surface area contributed by atoms with Crippen molar-refractivity contribution in [3.63, 3.8) is 0 Å². The second kappa shape index (κ2) is 11.6. The molecule has 7 rings (SSSR count). The summed E-state index contributed by atoms with van der Waals surface area (Å²) in [5.74, 6) is 0.260. The van der Waals surface area contributed by atoms with E-state index in [2.05, 4.69) is 65.5 Å². The maximum absolute atomic E-state index is 14.7. The fourth-order valence-electron chi connectivity index (χ4n) is 5.78. The molecule has 6 aromatic rings. The van der Waals surface area contributed by atoms with Crippen molar-refractivity contribution in [1.82, 2.24) is 30.0 Å². The lowest BCUT2D eigenvalue weighted by molar-refractivity contribution is 0.371. The van der Waals surface area contributed by atoms with Crippen LogP contribution in [-0.4, -0.2) is 57.2 Å². The van der Waals surface area contributed by atoms with E-state index in [1.807, 2.05) is 57.0 Å². The van der Waals surface area contributed by atoms with E-state index < -0.39 is 0 Å². The number of hydrogen-bond acceptors (Lipinski definition) is 6. The molecule has 0 radical (unpaired) electrons. The molecule has 0 bridgehead atoms. The van der Waals surface area contributed by atoms with Gasteiger partial charge in [-0.2, -0.15) is 5.10 Å². The first-order chi connectivity index (χ1) is 21.4. The number of hydrogen-bond donors (Lipinski definition) is 4. The minimum atomic E-state index is -0.277. The van der Waals surface area contributed by atoms with E-state index in [-0.39, 0.29) is 5.82 Å². The Kier molecular flexibility index (Phi) is 7.31. The van der Waals surface area contributed by atoms with Crippen LogP contribution in [0.25, 0.3) is 55.6 Å². The topological polar surface area (TPSA) is 97.6 Å². The van der Waals surface area contributed by atoms with Crippen LogP contribution >= 0.6 is 0 Å². The van der Waals surface area contributed by atoms with Crippen molar-refractivity contribution in [2.24, 2.45) is 5.92 Å². The fraction of sp³-hybridized carbons (Fsp3) is 0.229. The number of rotatable bonds is 10. The summed E-state index contributed by atoms with van der Waals surface area (Å²) in [7, 11) is 4.04. The van der Waals surface area contributed by atoms with E-state index in [1.165, 1.54) is 25.3 Å². The highest BCUT2D eigenvalue weighted by Crippen LogP contribution is 2.36. The van der Waals surface area contributed by atoms with Crippen LogP contribution in [-0.2, 0) is 0 Å². The average Bonchev–Trinajstić information content (AvgIpc) is 3.59. The van der Waals surface area contributed by atoms with Crippen molar-refractivity contribution < 1.29 is 4.39 Å². The maximum Gasteiger partial charge on any atom is 0.155 e. The molecule has 0 unspecified atom stereocenters. The molecule has 0 amide bonds. The van der Waals surface area contributed by atoms with Gasteiger partial charge in [0, 0.05) is 64.3 Å². The number of pyridine rings is 2. The molecule has 4 aromatic heterocycles. The molecule has 0 aliphatic heterocycles. The lowest BCUT2D eigenvalue weighted by Crippen LogP contribution is -2.20. The monoisotopic (exact) mass is 586 g/mol. The smallest absolute Gasteiger partial charge is 0.155 e. The molecule has 2 aromatic carbocycles.